The maximum atomic E-state index is 15.0. The number of rotatable bonds is 6. The van der Waals surface area contributed by atoms with Gasteiger partial charge in [0.15, 0.2) is 17.9 Å². The zero-order valence-electron chi connectivity index (χ0n) is 24.5. The Morgan fingerprint density at radius 3 is 2.55 bits per heavy atom. The molecule has 5 heterocycles. The summed E-state index contributed by atoms with van der Waals surface area (Å²) >= 11 is 6.76. The minimum Gasteiger partial charge on any atom is -0.479 e. The fraction of sp³-hybridized carbons (Fsp3) is 0.355. The maximum absolute atomic E-state index is 15.0. The molecule has 2 saturated heterocycles. The van der Waals surface area contributed by atoms with E-state index >= 15 is 0 Å². The first-order chi connectivity index (χ1) is 21.0. The number of carboxylic acid groups (broad SMARTS) is 1. The van der Waals surface area contributed by atoms with Crippen molar-refractivity contribution in [3.8, 4) is 16.9 Å². The monoisotopic (exact) mass is 620 g/mol. The number of ether oxygens (including phenoxy) is 1. The zero-order valence-corrected chi connectivity index (χ0v) is 25.2. The highest BCUT2D eigenvalue weighted by Crippen LogP contribution is 2.36. The van der Waals surface area contributed by atoms with E-state index in [2.05, 4.69) is 9.97 Å². The molecule has 3 aromatic heterocycles. The quantitative estimate of drug-likeness (QED) is 0.318. The van der Waals surface area contributed by atoms with Crippen molar-refractivity contribution < 1.29 is 23.8 Å². The lowest BCUT2D eigenvalue weighted by Crippen LogP contribution is -2.55. The number of anilines is 1. The Hall–Kier alpha value is -4.42. The number of benzene rings is 1. The van der Waals surface area contributed by atoms with E-state index in [9.17, 15) is 18.8 Å². The van der Waals surface area contributed by atoms with Crippen molar-refractivity contribution in [3.63, 3.8) is 0 Å². The number of aromatic nitrogens is 4. The summed E-state index contributed by atoms with van der Waals surface area (Å²) < 4.78 is 21.4. The van der Waals surface area contributed by atoms with E-state index < -0.39 is 29.7 Å². The third-order valence-electron chi connectivity index (χ3n) is 8.04. The normalized spacial score (nSPS) is 19.9. The lowest BCUT2D eigenvalue weighted by Gasteiger charge is -2.40. The number of hydrogen-bond donors (Lipinski definition) is 1. The van der Waals surface area contributed by atoms with E-state index in [0.717, 1.165) is 5.56 Å². The van der Waals surface area contributed by atoms with Gasteiger partial charge in [-0.15, -0.1) is 0 Å². The molecule has 3 atom stereocenters. The largest absolute Gasteiger partial charge is 0.479 e. The molecule has 4 aromatic rings. The summed E-state index contributed by atoms with van der Waals surface area (Å²) in [5.41, 5.74) is 2.01. The van der Waals surface area contributed by atoms with Gasteiger partial charge < -0.3 is 19.6 Å². The number of carbonyl (C=O) groups excluding carboxylic acids is 1. The predicted molar refractivity (Wildman–Crippen MR) is 162 cm³/mol. The molecule has 2 fully saturated rings. The van der Waals surface area contributed by atoms with Gasteiger partial charge in [-0.1, -0.05) is 37.6 Å². The highest BCUT2D eigenvalue weighted by molar-refractivity contribution is 6.33. The van der Waals surface area contributed by atoms with E-state index in [1.165, 1.54) is 10.6 Å². The number of halogens is 2. The van der Waals surface area contributed by atoms with Crippen LogP contribution in [0.25, 0.3) is 28.0 Å². The Balaban J connectivity index is 1.51. The van der Waals surface area contributed by atoms with Crippen molar-refractivity contribution >= 4 is 40.3 Å². The highest BCUT2D eigenvalue weighted by atomic mass is 35.5. The Morgan fingerprint density at radius 2 is 1.89 bits per heavy atom. The molecule has 1 N–H and O–H groups in total. The van der Waals surface area contributed by atoms with Crippen molar-refractivity contribution in [1.29, 1.82) is 0 Å². The molecule has 0 spiro atoms. The molecule has 0 unspecified atom stereocenters. The fourth-order valence-corrected chi connectivity index (χ4v) is 6.05. The van der Waals surface area contributed by atoms with Gasteiger partial charge in [0.1, 0.15) is 11.6 Å². The van der Waals surface area contributed by atoms with Crippen molar-refractivity contribution in [1.82, 2.24) is 24.4 Å². The number of amides is 1. The number of carboxylic acids is 1. The lowest BCUT2D eigenvalue weighted by atomic mass is 10.0. The topological polar surface area (TPSA) is 134 Å². The first-order valence-corrected chi connectivity index (χ1v) is 14.6. The second-order valence-corrected chi connectivity index (χ2v) is 11.8. The lowest BCUT2D eigenvalue weighted by molar-refractivity contribution is -0.139. The summed E-state index contributed by atoms with van der Waals surface area (Å²) in [4.78, 5) is 55.5. The number of aliphatic carboxylic acids is 1. The number of pyridine rings is 2. The van der Waals surface area contributed by atoms with Gasteiger partial charge in [0.2, 0.25) is 0 Å². The average Bonchev–Trinajstić information content (AvgIpc) is 3.79. The van der Waals surface area contributed by atoms with E-state index in [-0.39, 0.29) is 52.9 Å². The Bertz CT molecular complexity index is 1880. The fourth-order valence-electron chi connectivity index (χ4n) is 5.79. The van der Waals surface area contributed by atoms with Crippen LogP contribution in [-0.2, 0) is 14.3 Å². The molecule has 2 aliphatic rings. The van der Waals surface area contributed by atoms with Crippen LogP contribution in [0.1, 0.15) is 37.9 Å². The first-order valence-electron chi connectivity index (χ1n) is 14.3. The van der Waals surface area contributed by atoms with Crippen molar-refractivity contribution in [2.24, 2.45) is 0 Å². The average molecular weight is 621 g/mol. The first kappa shape index (κ1) is 29.6. The number of fused-ring (bicyclic) bond motifs is 1. The molecule has 1 amide bonds. The van der Waals surface area contributed by atoms with Crippen LogP contribution in [0.15, 0.2) is 47.4 Å². The third-order valence-corrected chi connectivity index (χ3v) is 8.33. The molecule has 0 radical (unpaired) electrons. The minimum absolute atomic E-state index is 0.0355. The van der Waals surface area contributed by atoms with Gasteiger partial charge in [0.25, 0.3) is 5.91 Å². The number of piperazine rings is 1. The van der Waals surface area contributed by atoms with E-state index in [0.29, 0.717) is 29.1 Å². The highest BCUT2D eigenvalue weighted by Gasteiger charge is 2.52. The molecule has 1 aromatic carbocycles. The molecule has 44 heavy (non-hydrogen) atoms. The number of nitrogens with zero attached hydrogens (tertiary/aromatic N) is 6. The Kier molecular flexibility index (Phi) is 7.58. The van der Waals surface area contributed by atoms with E-state index in [1.807, 2.05) is 32.6 Å². The SMILES string of the molecule is Cc1ccnc(C(C)C)c1-n1c(=O)nc(N2CCN(C(=O)[C@H]3O[C@@H]3C(=O)O)C[C@@H]2C)c2cc(Cl)c(-c3ccccc3F)nc21. The van der Waals surface area contributed by atoms with Crippen LogP contribution in [0.5, 0.6) is 0 Å². The molecular weight excluding hydrogens is 591 g/mol. The summed E-state index contributed by atoms with van der Waals surface area (Å²) in [6.45, 7) is 8.52. The molecule has 228 valence electrons. The predicted octanol–water partition coefficient (Wildman–Crippen LogP) is 3.96. The molecular formula is C31H30ClFN6O5. The van der Waals surface area contributed by atoms with Crippen LogP contribution < -0.4 is 10.6 Å². The summed E-state index contributed by atoms with van der Waals surface area (Å²) in [7, 11) is 0. The van der Waals surface area contributed by atoms with Crippen molar-refractivity contribution in [2.45, 2.75) is 51.9 Å². The number of carbonyl (C=O) groups is 2. The zero-order chi connectivity index (χ0) is 31.4. The number of hydrogen-bond acceptors (Lipinski definition) is 8. The summed E-state index contributed by atoms with van der Waals surface area (Å²) in [5, 5.41) is 9.80. The molecule has 6 rings (SSSR count). The van der Waals surface area contributed by atoms with Crippen molar-refractivity contribution in [2.75, 3.05) is 24.5 Å². The smallest absolute Gasteiger partial charge is 0.355 e. The molecule has 0 aliphatic carbocycles. The Labute approximate surface area is 256 Å². The van der Waals surface area contributed by atoms with Crippen molar-refractivity contribution in [3.05, 3.63) is 75.2 Å². The van der Waals surface area contributed by atoms with E-state index in [4.69, 9.17) is 26.4 Å². The molecule has 0 saturated carbocycles. The van der Waals surface area contributed by atoms with Crippen LogP contribution in [0.4, 0.5) is 10.2 Å². The van der Waals surface area contributed by atoms with Crippen LogP contribution >= 0.6 is 11.6 Å². The summed E-state index contributed by atoms with van der Waals surface area (Å²) in [6, 6.07) is 9.29. The maximum Gasteiger partial charge on any atom is 0.355 e. The molecule has 11 nitrogen and oxygen atoms in total. The molecule has 13 heteroatoms. The van der Waals surface area contributed by atoms with Gasteiger partial charge in [0.05, 0.1) is 27.5 Å². The number of epoxide rings is 1. The summed E-state index contributed by atoms with van der Waals surface area (Å²) in [5.74, 6) is -1.77. The number of aryl methyl sites for hydroxylation is 1. The van der Waals surface area contributed by atoms with Gasteiger partial charge in [-0.05, 0) is 49.6 Å². The van der Waals surface area contributed by atoms with Gasteiger partial charge in [-0.25, -0.2) is 23.5 Å². The van der Waals surface area contributed by atoms with E-state index in [1.54, 1.807) is 41.4 Å². The van der Waals surface area contributed by atoms with Crippen LogP contribution in [0.2, 0.25) is 5.02 Å². The Morgan fingerprint density at radius 1 is 1.14 bits per heavy atom. The van der Waals surface area contributed by atoms with Crippen LogP contribution in [0, 0.1) is 12.7 Å². The van der Waals surface area contributed by atoms with Gasteiger partial charge in [-0.3, -0.25) is 9.78 Å². The van der Waals surface area contributed by atoms with Crippen LogP contribution in [0.3, 0.4) is 0 Å². The second kappa shape index (κ2) is 11.3. The minimum atomic E-state index is -1.17. The molecule has 0 bridgehead atoms. The van der Waals surface area contributed by atoms with Gasteiger partial charge >= 0.3 is 11.7 Å². The van der Waals surface area contributed by atoms with Crippen LogP contribution in [-0.4, -0.2) is 79.3 Å². The van der Waals surface area contributed by atoms with Gasteiger partial charge in [-0.2, -0.15) is 4.98 Å². The standard InChI is InChI=1S/C31H30ClFN6O5/c1-15(2)22-24(16(3)9-10-34-22)39-28-19(13-20(32)23(35-28)18-7-5-6-8-21(18)33)27(36-31(39)43)38-12-11-37(14-17(38)4)29(40)25-26(44-25)30(41)42/h5-10,13,15,17,25-26H,11-12,14H2,1-4H3,(H,41,42)/t17-,25-,26-/m0/s1. The second-order valence-electron chi connectivity index (χ2n) is 11.4. The third kappa shape index (κ3) is 5.07. The van der Waals surface area contributed by atoms with Gasteiger partial charge in [0, 0.05) is 37.4 Å². The molecule has 2 aliphatic heterocycles. The summed E-state index contributed by atoms with van der Waals surface area (Å²) in [6.07, 6.45) is -0.434.